The van der Waals surface area contributed by atoms with Gasteiger partial charge < -0.3 is 9.80 Å². The van der Waals surface area contributed by atoms with Gasteiger partial charge >= 0.3 is 0 Å². The fraction of sp³-hybridized carbons (Fsp3) is 0.294. The average molecular weight is 389 g/mol. The van der Waals surface area contributed by atoms with Crippen LogP contribution in [0.3, 0.4) is 0 Å². The van der Waals surface area contributed by atoms with Crippen LogP contribution in [-0.2, 0) is 10.0 Å². The molecule has 0 unspecified atom stereocenters. The highest BCUT2D eigenvalue weighted by molar-refractivity contribution is 7.92. The molecule has 27 heavy (non-hydrogen) atoms. The Labute approximate surface area is 157 Å². The molecule has 1 aliphatic heterocycles. The van der Waals surface area contributed by atoms with E-state index in [1.807, 2.05) is 0 Å². The Morgan fingerprint density at radius 3 is 2.07 bits per heavy atom. The van der Waals surface area contributed by atoms with Crippen molar-refractivity contribution in [3.05, 3.63) is 54.1 Å². The van der Waals surface area contributed by atoms with E-state index in [1.165, 1.54) is 18.6 Å². The zero-order valence-electron chi connectivity index (χ0n) is 14.7. The van der Waals surface area contributed by atoms with E-state index < -0.39 is 10.0 Å². The zero-order valence-corrected chi connectivity index (χ0v) is 15.5. The second-order valence-electron chi connectivity index (χ2n) is 6.13. The lowest BCUT2D eigenvalue weighted by Crippen LogP contribution is -2.50. The number of hydrogen-bond acceptors (Lipinski definition) is 6. The summed E-state index contributed by atoms with van der Waals surface area (Å²) >= 11 is 0. The molecule has 0 radical (unpaired) electrons. The molecule has 142 valence electrons. The van der Waals surface area contributed by atoms with E-state index in [2.05, 4.69) is 14.7 Å². The maximum Gasteiger partial charge on any atom is 0.274 e. The summed E-state index contributed by atoms with van der Waals surface area (Å²) in [5.74, 6) is -0.362. The molecule has 0 bridgehead atoms. The van der Waals surface area contributed by atoms with Crippen LogP contribution in [0.4, 0.5) is 5.69 Å². The number of sulfonamides is 1. The molecule has 2 heterocycles. The van der Waals surface area contributed by atoms with Crippen molar-refractivity contribution in [1.29, 1.82) is 0 Å². The molecule has 1 fully saturated rings. The van der Waals surface area contributed by atoms with Crippen molar-refractivity contribution in [3.63, 3.8) is 0 Å². The molecule has 2 amide bonds. The van der Waals surface area contributed by atoms with Gasteiger partial charge in [-0.3, -0.25) is 19.3 Å². The van der Waals surface area contributed by atoms with Gasteiger partial charge in [0, 0.05) is 49.8 Å². The van der Waals surface area contributed by atoms with Crippen LogP contribution in [0.25, 0.3) is 0 Å². The molecular weight excluding hydrogens is 370 g/mol. The monoisotopic (exact) mass is 389 g/mol. The Balaban J connectivity index is 1.59. The number of rotatable bonds is 4. The Hall–Kier alpha value is -3.01. The molecule has 10 heteroatoms. The first-order valence-corrected chi connectivity index (χ1v) is 10.1. The van der Waals surface area contributed by atoms with Gasteiger partial charge in [0.15, 0.2) is 0 Å². The standard InChI is InChI=1S/C17H19N5O4S/c1-27(25,26)20-14-4-2-13(3-5-14)16(23)21-8-10-22(11-9-21)17(24)15-12-18-6-7-19-15/h2-7,12,20H,8-11H2,1H3. The first-order chi connectivity index (χ1) is 12.8. The minimum absolute atomic E-state index is 0.160. The van der Waals surface area contributed by atoms with Gasteiger partial charge in [-0.2, -0.15) is 0 Å². The third-order valence-corrected chi connectivity index (χ3v) is 4.68. The molecule has 1 aromatic heterocycles. The second-order valence-corrected chi connectivity index (χ2v) is 7.88. The highest BCUT2D eigenvalue weighted by atomic mass is 32.2. The molecule has 1 N–H and O–H groups in total. The number of piperazine rings is 1. The molecule has 0 spiro atoms. The quantitative estimate of drug-likeness (QED) is 0.812. The lowest BCUT2D eigenvalue weighted by atomic mass is 10.1. The van der Waals surface area contributed by atoms with Gasteiger partial charge in [-0.1, -0.05) is 0 Å². The van der Waals surface area contributed by atoms with Crippen molar-refractivity contribution in [2.24, 2.45) is 0 Å². The Kier molecular flexibility index (Phi) is 5.36. The fourth-order valence-corrected chi connectivity index (χ4v) is 3.33. The SMILES string of the molecule is CS(=O)(=O)Nc1ccc(C(=O)N2CCN(C(=O)c3cnccn3)CC2)cc1. The Morgan fingerprint density at radius 1 is 0.963 bits per heavy atom. The maximum atomic E-state index is 12.6. The molecule has 1 aromatic carbocycles. The number of hydrogen-bond donors (Lipinski definition) is 1. The van der Waals surface area contributed by atoms with Gasteiger partial charge in [-0.25, -0.2) is 13.4 Å². The molecular formula is C17H19N5O4S. The van der Waals surface area contributed by atoms with E-state index in [1.54, 1.807) is 34.1 Å². The predicted molar refractivity (Wildman–Crippen MR) is 98.7 cm³/mol. The summed E-state index contributed by atoms with van der Waals surface area (Å²) in [6.07, 6.45) is 5.46. The minimum Gasteiger partial charge on any atom is -0.335 e. The van der Waals surface area contributed by atoms with Gasteiger partial charge in [0.05, 0.1) is 12.5 Å². The number of aromatic nitrogens is 2. The summed E-state index contributed by atoms with van der Waals surface area (Å²) in [6, 6.07) is 6.24. The first-order valence-electron chi connectivity index (χ1n) is 8.26. The smallest absolute Gasteiger partial charge is 0.274 e. The summed E-state index contributed by atoms with van der Waals surface area (Å²) in [5.41, 5.74) is 1.14. The first kappa shape index (κ1) is 18.8. The molecule has 2 aromatic rings. The van der Waals surface area contributed by atoms with Gasteiger partial charge in [0.25, 0.3) is 11.8 Å². The van der Waals surface area contributed by atoms with Crippen molar-refractivity contribution in [1.82, 2.24) is 19.8 Å². The third kappa shape index (κ3) is 4.79. The van der Waals surface area contributed by atoms with Crippen molar-refractivity contribution < 1.29 is 18.0 Å². The summed E-state index contributed by atoms with van der Waals surface area (Å²) < 4.78 is 24.8. The van der Waals surface area contributed by atoms with Crippen LogP contribution in [0.2, 0.25) is 0 Å². The lowest BCUT2D eigenvalue weighted by molar-refractivity contribution is 0.0532. The molecule has 3 rings (SSSR count). The van der Waals surface area contributed by atoms with Gasteiger partial charge in [-0.05, 0) is 24.3 Å². The van der Waals surface area contributed by atoms with Crippen LogP contribution >= 0.6 is 0 Å². The van der Waals surface area contributed by atoms with Gasteiger partial charge in [-0.15, -0.1) is 0 Å². The molecule has 0 aliphatic carbocycles. The summed E-state index contributed by atoms with van der Waals surface area (Å²) in [6.45, 7) is 1.64. The van der Waals surface area contributed by atoms with E-state index in [0.717, 1.165) is 6.26 Å². The Bertz CT molecular complexity index is 924. The largest absolute Gasteiger partial charge is 0.335 e. The summed E-state index contributed by atoms with van der Waals surface area (Å²) in [5, 5.41) is 0. The molecule has 9 nitrogen and oxygen atoms in total. The molecule has 0 atom stereocenters. The van der Waals surface area contributed by atoms with Crippen LogP contribution in [0.1, 0.15) is 20.8 Å². The fourth-order valence-electron chi connectivity index (χ4n) is 2.76. The Morgan fingerprint density at radius 2 is 1.56 bits per heavy atom. The van der Waals surface area contributed by atoms with Crippen molar-refractivity contribution in [2.75, 3.05) is 37.2 Å². The summed E-state index contributed by atoms with van der Waals surface area (Å²) in [4.78, 5) is 36.2. The maximum absolute atomic E-state index is 12.6. The number of anilines is 1. The van der Waals surface area contributed by atoms with Crippen LogP contribution in [0, 0.1) is 0 Å². The highest BCUT2D eigenvalue weighted by Gasteiger charge is 2.26. The van der Waals surface area contributed by atoms with Crippen molar-refractivity contribution >= 4 is 27.5 Å². The van der Waals surface area contributed by atoms with Crippen molar-refractivity contribution in [2.45, 2.75) is 0 Å². The number of nitrogens with one attached hydrogen (secondary N) is 1. The third-order valence-electron chi connectivity index (χ3n) is 4.07. The van der Waals surface area contributed by atoms with E-state index in [4.69, 9.17) is 0 Å². The second kappa shape index (κ2) is 7.70. The van der Waals surface area contributed by atoms with E-state index in [9.17, 15) is 18.0 Å². The molecule has 0 saturated carbocycles. The van der Waals surface area contributed by atoms with Crippen LogP contribution in [-0.4, -0.2) is 72.4 Å². The number of carbonyl (C=O) groups excluding carboxylic acids is 2. The molecule has 1 aliphatic rings. The number of amides is 2. The van der Waals surface area contributed by atoms with Gasteiger partial charge in [0.2, 0.25) is 10.0 Å². The highest BCUT2D eigenvalue weighted by Crippen LogP contribution is 2.14. The van der Waals surface area contributed by atoms with Crippen LogP contribution < -0.4 is 4.72 Å². The van der Waals surface area contributed by atoms with E-state index in [-0.39, 0.29) is 17.5 Å². The number of benzene rings is 1. The van der Waals surface area contributed by atoms with Crippen LogP contribution in [0.5, 0.6) is 0 Å². The summed E-state index contributed by atoms with van der Waals surface area (Å²) in [7, 11) is -3.36. The van der Waals surface area contributed by atoms with E-state index >= 15 is 0 Å². The predicted octanol–water partition coefficient (Wildman–Crippen LogP) is 0.446. The normalized spacial score (nSPS) is 14.7. The zero-order chi connectivity index (χ0) is 19.4. The minimum atomic E-state index is -3.36. The average Bonchev–Trinajstić information content (AvgIpc) is 2.67. The van der Waals surface area contributed by atoms with E-state index in [0.29, 0.717) is 37.4 Å². The lowest BCUT2D eigenvalue weighted by Gasteiger charge is -2.34. The number of nitrogens with zero attached hydrogens (tertiary/aromatic N) is 4. The van der Waals surface area contributed by atoms with Crippen molar-refractivity contribution in [3.8, 4) is 0 Å². The van der Waals surface area contributed by atoms with Gasteiger partial charge in [0.1, 0.15) is 5.69 Å². The van der Waals surface area contributed by atoms with Crippen LogP contribution in [0.15, 0.2) is 42.9 Å². The topological polar surface area (TPSA) is 113 Å². The molecule has 1 saturated heterocycles. The number of carbonyl (C=O) groups is 2.